The smallest absolute Gasteiger partial charge is 0.323 e. The molecule has 1 aliphatic rings. The molecule has 0 bridgehead atoms. The second-order valence-corrected chi connectivity index (χ2v) is 15.6. The van der Waals surface area contributed by atoms with E-state index in [-0.39, 0.29) is 50.2 Å². The number of rotatable bonds is 18. The minimum atomic E-state index is -0.657. The van der Waals surface area contributed by atoms with Crippen molar-refractivity contribution in [1.29, 1.82) is 0 Å². The quantitative estimate of drug-likeness (QED) is 0.121. The van der Waals surface area contributed by atoms with Gasteiger partial charge in [-0.2, -0.15) is 0 Å². The molecule has 1 saturated heterocycles. The van der Waals surface area contributed by atoms with Crippen molar-refractivity contribution in [2.24, 2.45) is 0 Å². The fourth-order valence-electron chi connectivity index (χ4n) is 6.30. The lowest BCUT2D eigenvalue weighted by molar-refractivity contribution is -0.157. The molecular formula is C41H70N4O10. The van der Waals surface area contributed by atoms with E-state index in [9.17, 15) is 19.2 Å². The van der Waals surface area contributed by atoms with Crippen molar-refractivity contribution >= 4 is 23.9 Å². The molecule has 2 unspecified atom stereocenters. The van der Waals surface area contributed by atoms with E-state index in [0.717, 1.165) is 5.56 Å². The van der Waals surface area contributed by atoms with Crippen LogP contribution >= 0.6 is 0 Å². The average molecular weight is 779 g/mol. The van der Waals surface area contributed by atoms with E-state index in [0.29, 0.717) is 90.8 Å². The summed E-state index contributed by atoms with van der Waals surface area (Å²) in [6.07, 6.45) is 0.911. The van der Waals surface area contributed by atoms with Gasteiger partial charge in [0.2, 0.25) is 0 Å². The molecule has 0 amide bonds. The maximum Gasteiger partial charge on any atom is 0.323 e. The van der Waals surface area contributed by atoms with Crippen LogP contribution in [-0.2, 0) is 49.3 Å². The number of hydrogen-bond donors (Lipinski definition) is 0. The van der Waals surface area contributed by atoms with Gasteiger partial charge in [-0.05, 0) is 92.9 Å². The molecule has 0 radical (unpaired) electrons. The number of ether oxygens (including phenoxy) is 6. The zero-order valence-corrected chi connectivity index (χ0v) is 35.4. The summed E-state index contributed by atoms with van der Waals surface area (Å²) in [6.45, 7) is 24.1. The summed E-state index contributed by atoms with van der Waals surface area (Å²) in [5.74, 6) is -0.660. The summed E-state index contributed by atoms with van der Waals surface area (Å²) in [5, 5.41) is 0. The third-order valence-electron chi connectivity index (χ3n) is 8.80. The molecule has 2 atom stereocenters. The van der Waals surface area contributed by atoms with Crippen molar-refractivity contribution in [2.75, 3.05) is 98.5 Å². The van der Waals surface area contributed by atoms with Crippen LogP contribution in [-0.4, -0.2) is 165 Å². The lowest BCUT2D eigenvalue weighted by Gasteiger charge is -2.38. The third kappa shape index (κ3) is 19.4. The lowest BCUT2D eigenvalue weighted by atomic mass is 10.0. The van der Waals surface area contributed by atoms with E-state index < -0.39 is 23.3 Å². The summed E-state index contributed by atoms with van der Waals surface area (Å²) in [6, 6.07) is 6.52. The summed E-state index contributed by atoms with van der Waals surface area (Å²) in [7, 11) is 0. The molecule has 1 heterocycles. The minimum absolute atomic E-state index is 0.0365. The fraction of sp³-hybridized carbons (Fsp3) is 0.756. The highest BCUT2D eigenvalue weighted by Gasteiger charge is 2.32. The van der Waals surface area contributed by atoms with Crippen LogP contribution in [0.15, 0.2) is 24.3 Å². The highest BCUT2D eigenvalue weighted by molar-refractivity contribution is 5.76. The van der Waals surface area contributed by atoms with Crippen molar-refractivity contribution in [1.82, 2.24) is 19.6 Å². The number of hydrogen-bond acceptors (Lipinski definition) is 14. The van der Waals surface area contributed by atoms with Crippen molar-refractivity contribution in [3.05, 3.63) is 29.8 Å². The molecule has 14 heteroatoms. The number of benzene rings is 1. The van der Waals surface area contributed by atoms with E-state index in [1.54, 1.807) is 13.8 Å². The highest BCUT2D eigenvalue weighted by Crippen LogP contribution is 2.18. The number of carbonyl (C=O) groups excluding carboxylic acids is 4. The molecular weight excluding hydrogens is 708 g/mol. The molecule has 0 saturated carbocycles. The first-order valence-electron chi connectivity index (χ1n) is 20.0. The monoisotopic (exact) mass is 779 g/mol. The Morgan fingerprint density at radius 2 is 1.04 bits per heavy atom. The van der Waals surface area contributed by atoms with Crippen molar-refractivity contribution in [3.8, 4) is 5.75 Å². The number of esters is 4. The number of nitrogens with zero attached hydrogens (tertiary/aromatic N) is 4. The third-order valence-corrected chi connectivity index (χ3v) is 8.80. The van der Waals surface area contributed by atoms with Crippen LogP contribution in [0.3, 0.4) is 0 Å². The Kier molecular flexibility index (Phi) is 21.2. The Bertz CT molecular complexity index is 1250. The van der Waals surface area contributed by atoms with Crippen LogP contribution in [0.1, 0.15) is 81.2 Å². The lowest BCUT2D eigenvalue weighted by Crippen LogP contribution is -2.54. The molecule has 314 valence electrons. The predicted octanol–water partition coefficient (Wildman–Crippen LogP) is 3.82. The first kappa shape index (κ1) is 47.9. The van der Waals surface area contributed by atoms with Gasteiger partial charge in [-0.25, -0.2) is 0 Å². The maximum atomic E-state index is 13.8. The molecule has 1 aliphatic heterocycles. The SMILES string of the molecule is CCOCCOc1ccc(CC(C(=O)OCC)N2CCN(CC(=O)OC(C)(C)C)CCN(C(CC)C(=O)OCC)CCN(CC(=O)OC(C)(C)C)CC2)cc1. The largest absolute Gasteiger partial charge is 0.491 e. The molecule has 0 spiro atoms. The van der Waals surface area contributed by atoms with E-state index in [1.165, 1.54) is 0 Å². The topological polar surface area (TPSA) is 137 Å². The molecule has 1 aromatic carbocycles. The van der Waals surface area contributed by atoms with Gasteiger partial charge in [0.05, 0.1) is 32.9 Å². The Morgan fingerprint density at radius 1 is 0.600 bits per heavy atom. The van der Waals surface area contributed by atoms with Gasteiger partial charge in [-0.3, -0.25) is 38.8 Å². The molecule has 14 nitrogen and oxygen atoms in total. The fourth-order valence-corrected chi connectivity index (χ4v) is 6.30. The molecule has 1 aromatic rings. The first-order chi connectivity index (χ1) is 26.0. The van der Waals surface area contributed by atoms with Gasteiger partial charge in [-0.1, -0.05) is 19.1 Å². The normalized spacial score (nSPS) is 17.3. The molecule has 0 N–H and O–H groups in total. The zero-order valence-electron chi connectivity index (χ0n) is 35.4. The van der Waals surface area contributed by atoms with Gasteiger partial charge in [-0.15, -0.1) is 0 Å². The van der Waals surface area contributed by atoms with Crippen molar-refractivity contribution in [3.63, 3.8) is 0 Å². The van der Waals surface area contributed by atoms with E-state index in [4.69, 9.17) is 28.4 Å². The second-order valence-electron chi connectivity index (χ2n) is 15.6. The minimum Gasteiger partial charge on any atom is -0.491 e. The Labute approximate surface area is 330 Å². The summed E-state index contributed by atoms with van der Waals surface area (Å²) in [4.78, 5) is 61.5. The average Bonchev–Trinajstić information content (AvgIpc) is 3.08. The van der Waals surface area contributed by atoms with Crippen LogP contribution in [0.25, 0.3) is 0 Å². The Morgan fingerprint density at radius 3 is 1.44 bits per heavy atom. The van der Waals surface area contributed by atoms with Crippen molar-refractivity contribution in [2.45, 2.75) is 105 Å². The van der Waals surface area contributed by atoms with E-state index in [2.05, 4.69) is 9.80 Å². The molecule has 2 rings (SSSR count). The summed E-state index contributed by atoms with van der Waals surface area (Å²) in [5.41, 5.74) is -0.386. The Hall–Kier alpha value is -3.30. The van der Waals surface area contributed by atoms with Gasteiger partial charge in [0.25, 0.3) is 0 Å². The highest BCUT2D eigenvalue weighted by atomic mass is 16.6. The van der Waals surface area contributed by atoms with E-state index in [1.807, 2.05) is 89.5 Å². The predicted molar refractivity (Wildman–Crippen MR) is 211 cm³/mol. The van der Waals surface area contributed by atoms with E-state index >= 15 is 0 Å². The molecule has 0 aliphatic carbocycles. The maximum absolute atomic E-state index is 13.8. The summed E-state index contributed by atoms with van der Waals surface area (Å²) >= 11 is 0. The standard InChI is InChI=1S/C41H70N4O10/c1-11-34(38(48)51-13-3)44-23-19-42(30-36(46)54-40(5,6)7)21-25-45(26-22-43(20-24-44)31-37(47)55-41(8,9)10)35(39(49)52-14-4)29-32-15-17-33(18-16-32)53-28-27-50-12-2/h15-18,34-35H,11-14,19-31H2,1-10H3. The first-order valence-corrected chi connectivity index (χ1v) is 20.0. The van der Waals surface area contributed by atoms with Crippen LogP contribution in [0, 0.1) is 0 Å². The second kappa shape index (κ2) is 24.4. The Balaban J connectivity index is 2.50. The van der Waals surface area contributed by atoms with Gasteiger partial charge < -0.3 is 28.4 Å². The molecule has 1 fully saturated rings. The van der Waals surface area contributed by atoms with Gasteiger partial charge >= 0.3 is 23.9 Å². The van der Waals surface area contributed by atoms with Gasteiger partial charge in [0, 0.05) is 59.0 Å². The molecule has 55 heavy (non-hydrogen) atoms. The van der Waals surface area contributed by atoms with Gasteiger partial charge in [0.15, 0.2) is 0 Å². The van der Waals surface area contributed by atoms with Crippen LogP contribution in [0.4, 0.5) is 0 Å². The zero-order chi connectivity index (χ0) is 41.0. The molecule has 0 aromatic heterocycles. The van der Waals surface area contributed by atoms with Crippen molar-refractivity contribution < 1.29 is 47.6 Å². The summed E-state index contributed by atoms with van der Waals surface area (Å²) < 4.78 is 33.7. The van der Waals surface area contributed by atoms with Gasteiger partial charge in [0.1, 0.15) is 35.6 Å². The van der Waals surface area contributed by atoms with Crippen LogP contribution < -0.4 is 4.74 Å². The number of carbonyl (C=O) groups is 4. The van der Waals surface area contributed by atoms with Crippen LogP contribution in [0.2, 0.25) is 0 Å². The van der Waals surface area contributed by atoms with Crippen LogP contribution in [0.5, 0.6) is 5.75 Å².